The van der Waals surface area contributed by atoms with Crippen LogP contribution in [0.1, 0.15) is 79.1 Å². The molecule has 0 aliphatic carbocycles. The van der Waals surface area contributed by atoms with Crippen LogP contribution in [0.4, 0.5) is 5.69 Å². The number of benzene rings is 1. The molecular formula is C24H32N2O5. The molecule has 0 atom stereocenters. The monoisotopic (exact) mass is 428 g/mol. The SMILES string of the molecule is CCCCCCCCCCOc1ccc(NC(=O)c2cnc(C(=O)O)c(OC)c2)cc1. The number of nitrogens with zero attached hydrogens (tertiary/aromatic N) is 1. The van der Waals surface area contributed by atoms with Gasteiger partial charge in [0.1, 0.15) is 5.75 Å². The molecule has 168 valence electrons. The van der Waals surface area contributed by atoms with Crippen LogP contribution in [0.25, 0.3) is 0 Å². The van der Waals surface area contributed by atoms with E-state index >= 15 is 0 Å². The molecule has 0 saturated heterocycles. The van der Waals surface area contributed by atoms with Gasteiger partial charge >= 0.3 is 5.97 Å². The highest BCUT2D eigenvalue weighted by Gasteiger charge is 2.16. The van der Waals surface area contributed by atoms with E-state index < -0.39 is 11.9 Å². The smallest absolute Gasteiger partial charge is 0.358 e. The minimum absolute atomic E-state index is 0.0323. The fraction of sp³-hybridized carbons (Fsp3) is 0.458. The summed E-state index contributed by atoms with van der Waals surface area (Å²) in [6.07, 6.45) is 11.3. The zero-order valence-electron chi connectivity index (χ0n) is 18.4. The van der Waals surface area contributed by atoms with Gasteiger partial charge in [0.25, 0.3) is 5.91 Å². The van der Waals surface area contributed by atoms with Crippen LogP contribution in [0.2, 0.25) is 0 Å². The summed E-state index contributed by atoms with van der Waals surface area (Å²) in [5, 5.41) is 11.8. The average molecular weight is 429 g/mol. The summed E-state index contributed by atoms with van der Waals surface area (Å²) in [5.74, 6) is -0.832. The van der Waals surface area contributed by atoms with Crippen LogP contribution in [0.3, 0.4) is 0 Å². The van der Waals surface area contributed by atoms with Gasteiger partial charge in [-0.3, -0.25) is 4.79 Å². The van der Waals surface area contributed by atoms with E-state index in [2.05, 4.69) is 17.2 Å². The Balaban J connectivity index is 1.75. The van der Waals surface area contributed by atoms with E-state index in [4.69, 9.17) is 14.6 Å². The predicted octanol–water partition coefficient (Wildman–Crippen LogP) is 5.56. The molecule has 0 aliphatic heterocycles. The number of methoxy groups -OCH3 is 1. The number of aromatic carboxylic acids is 1. The van der Waals surface area contributed by atoms with Crippen molar-refractivity contribution in [3.63, 3.8) is 0 Å². The zero-order valence-corrected chi connectivity index (χ0v) is 18.4. The Hall–Kier alpha value is -3.09. The highest BCUT2D eigenvalue weighted by Crippen LogP contribution is 2.20. The number of carboxylic acids is 1. The average Bonchev–Trinajstić information content (AvgIpc) is 2.78. The molecule has 1 heterocycles. The lowest BCUT2D eigenvalue weighted by Gasteiger charge is -2.10. The fourth-order valence-electron chi connectivity index (χ4n) is 3.15. The van der Waals surface area contributed by atoms with Crippen LogP contribution in [0, 0.1) is 0 Å². The number of nitrogens with one attached hydrogen (secondary N) is 1. The second-order valence-corrected chi connectivity index (χ2v) is 7.38. The third-order valence-electron chi connectivity index (χ3n) is 4.92. The Labute approximate surface area is 183 Å². The standard InChI is InChI=1S/C24H32N2O5/c1-3-4-5-6-7-8-9-10-15-31-20-13-11-19(12-14-20)26-23(27)18-16-21(30-2)22(24(28)29)25-17-18/h11-14,16-17H,3-10,15H2,1-2H3,(H,26,27)(H,28,29). The number of aromatic nitrogens is 1. The lowest BCUT2D eigenvalue weighted by Crippen LogP contribution is -2.14. The van der Waals surface area contributed by atoms with E-state index in [0.29, 0.717) is 12.3 Å². The molecule has 1 aromatic heterocycles. The maximum absolute atomic E-state index is 12.4. The molecule has 0 spiro atoms. The summed E-state index contributed by atoms with van der Waals surface area (Å²) in [6.45, 7) is 2.91. The van der Waals surface area contributed by atoms with E-state index in [1.165, 1.54) is 64.3 Å². The van der Waals surface area contributed by atoms with Crippen LogP contribution in [0.5, 0.6) is 11.5 Å². The summed E-state index contributed by atoms with van der Waals surface area (Å²) in [5.41, 5.74) is 0.569. The van der Waals surface area contributed by atoms with E-state index in [1.807, 2.05) is 12.1 Å². The molecule has 2 rings (SSSR count). The number of pyridine rings is 1. The van der Waals surface area contributed by atoms with Gasteiger partial charge in [0, 0.05) is 11.9 Å². The summed E-state index contributed by atoms with van der Waals surface area (Å²) < 4.78 is 10.8. The van der Waals surface area contributed by atoms with E-state index in [9.17, 15) is 9.59 Å². The normalized spacial score (nSPS) is 10.5. The number of carbonyl (C=O) groups is 2. The van der Waals surface area contributed by atoms with E-state index in [0.717, 1.165) is 12.2 Å². The quantitative estimate of drug-likeness (QED) is 0.382. The number of hydrogen-bond acceptors (Lipinski definition) is 5. The largest absolute Gasteiger partial charge is 0.494 e. The van der Waals surface area contributed by atoms with Gasteiger partial charge in [-0.2, -0.15) is 0 Å². The van der Waals surface area contributed by atoms with Crippen molar-refractivity contribution in [3.05, 3.63) is 47.8 Å². The first kappa shape index (κ1) is 24.2. The fourth-order valence-corrected chi connectivity index (χ4v) is 3.15. The first-order valence-electron chi connectivity index (χ1n) is 10.9. The topological polar surface area (TPSA) is 97.8 Å². The van der Waals surface area contributed by atoms with Gasteiger partial charge in [-0.1, -0.05) is 51.9 Å². The van der Waals surface area contributed by atoms with Crippen molar-refractivity contribution in [3.8, 4) is 11.5 Å². The molecule has 0 radical (unpaired) electrons. The second-order valence-electron chi connectivity index (χ2n) is 7.38. The van der Waals surface area contributed by atoms with E-state index in [-0.39, 0.29) is 17.0 Å². The Morgan fingerprint density at radius 2 is 1.65 bits per heavy atom. The number of carboxylic acid groups (broad SMARTS) is 1. The maximum atomic E-state index is 12.4. The number of amides is 1. The predicted molar refractivity (Wildman–Crippen MR) is 120 cm³/mol. The van der Waals surface area contributed by atoms with Gasteiger partial charge in [-0.15, -0.1) is 0 Å². The number of anilines is 1. The Morgan fingerprint density at radius 1 is 1.00 bits per heavy atom. The van der Waals surface area contributed by atoms with Crippen molar-refractivity contribution in [1.29, 1.82) is 0 Å². The van der Waals surface area contributed by atoms with Crippen molar-refractivity contribution >= 4 is 17.6 Å². The van der Waals surface area contributed by atoms with Crippen molar-refractivity contribution in [1.82, 2.24) is 4.98 Å². The van der Waals surface area contributed by atoms with Crippen molar-refractivity contribution in [2.45, 2.75) is 58.3 Å². The summed E-state index contributed by atoms with van der Waals surface area (Å²) in [6, 6.07) is 8.50. The molecule has 2 N–H and O–H groups in total. The van der Waals surface area contributed by atoms with Gasteiger partial charge in [0.15, 0.2) is 11.4 Å². The molecule has 2 aromatic rings. The Morgan fingerprint density at radius 3 is 2.26 bits per heavy atom. The minimum Gasteiger partial charge on any atom is -0.494 e. The Kier molecular flexibility index (Phi) is 10.3. The molecule has 0 fully saturated rings. The molecule has 0 saturated carbocycles. The third-order valence-corrected chi connectivity index (χ3v) is 4.92. The minimum atomic E-state index is -1.22. The third kappa shape index (κ3) is 8.28. The van der Waals surface area contributed by atoms with Gasteiger partial charge in [0.2, 0.25) is 0 Å². The van der Waals surface area contributed by atoms with Crippen molar-refractivity contribution in [2.75, 3.05) is 19.0 Å². The van der Waals surface area contributed by atoms with Crippen molar-refractivity contribution < 1.29 is 24.2 Å². The van der Waals surface area contributed by atoms with Gasteiger partial charge in [-0.25, -0.2) is 9.78 Å². The van der Waals surface area contributed by atoms with Gasteiger partial charge in [-0.05, 0) is 36.8 Å². The van der Waals surface area contributed by atoms with Crippen LogP contribution < -0.4 is 14.8 Å². The molecule has 0 unspecified atom stereocenters. The molecule has 0 aliphatic rings. The first-order valence-corrected chi connectivity index (χ1v) is 10.9. The number of hydrogen-bond donors (Lipinski definition) is 2. The molecule has 7 nitrogen and oxygen atoms in total. The summed E-state index contributed by atoms with van der Waals surface area (Å²) in [4.78, 5) is 27.3. The van der Waals surface area contributed by atoms with Crippen LogP contribution in [0.15, 0.2) is 36.5 Å². The summed E-state index contributed by atoms with van der Waals surface area (Å²) >= 11 is 0. The lowest BCUT2D eigenvalue weighted by molar-refractivity contribution is 0.0686. The zero-order chi connectivity index (χ0) is 22.5. The highest BCUT2D eigenvalue weighted by molar-refractivity contribution is 6.04. The van der Waals surface area contributed by atoms with Crippen LogP contribution >= 0.6 is 0 Å². The van der Waals surface area contributed by atoms with Gasteiger partial charge < -0.3 is 19.9 Å². The highest BCUT2D eigenvalue weighted by atomic mass is 16.5. The molecule has 31 heavy (non-hydrogen) atoms. The maximum Gasteiger partial charge on any atom is 0.358 e. The molecular weight excluding hydrogens is 396 g/mol. The van der Waals surface area contributed by atoms with Crippen molar-refractivity contribution in [2.24, 2.45) is 0 Å². The van der Waals surface area contributed by atoms with Gasteiger partial charge in [0.05, 0.1) is 19.3 Å². The molecule has 1 amide bonds. The van der Waals surface area contributed by atoms with Crippen LogP contribution in [-0.2, 0) is 0 Å². The molecule has 1 aromatic carbocycles. The number of carbonyl (C=O) groups excluding carboxylic acids is 1. The first-order chi connectivity index (χ1) is 15.0. The second kappa shape index (κ2) is 13.3. The Bertz CT molecular complexity index is 836. The van der Waals surface area contributed by atoms with Crippen LogP contribution in [-0.4, -0.2) is 35.7 Å². The molecule has 7 heteroatoms. The summed E-state index contributed by atoms with van der Waals surface area (Å²) in [7, 11) is 1.33. The van der Waals surface area contributed by atoms with E-state index in [1.54, 1.807) is 12.1 Å². The molecule has 0 bridgehead atoms. The number of rotatable bonds is 14. The lowest BCUT2D eigenvalue weighted by atomic mass is 10.1. The number of unbranched alkanes of at least 4 members (excludes halogenated alkanes) is 7. The number of ether oxygens (including phenoxy) is 2.